The summed E-state index contributed by atoms with van der Waals surface area (Å²) in [7, 11) is 0. The molecule has 0 heterocycles. The Hall–Kier alpha value is -1.56. The summed E-state index contributed by atoms with van der Waals surface area (Å²) < 4.78 is 0. The lowest BCUT2D eigenvalue weighted by molar-refractivity contribution is 1.09. The number of rotatable bonds is 0. The Morgan fingerprint density at radius 3 is 0.692 bits per heavy atom. The number of hydrogen-bond acceptors (Lipinski definition) is 0. The van der Waals surface area contributed by atoms with E-state index in [-0.39, 0.29) is 7.43 Å². The molecule has 0 aliphatic rings. The molecular formula is C26H52. The highest BCUT2D eigenvalue weighted by atomic mass is 13.8. The highest BCUT2D eigenvalue weighted by Gasteiger charge is 1.72. The first kappa shape index (κ1) is 39.5. The second-order valence-corrected chi connectivity index (χ2v) is 4.02. The maximum atomic E-state index is 2.12. The molecule has 0 bridgehead atoms. The smallest absolute Gasteiger partial charge is 0.0398 e. The molecule has 0 aliphatic carbocycles. The minimum Gasteiger partial charge on any atom is -0.0776 e. The fourth-order valence-electron chi connectivity index (χ4n) is 1.07. The molecule has 0 aromatic heterocycles. The van der Waals surface area contributed by atoms with Gasteiger partial charge in [0.25, 0.3) is 0 Å². The van der Waals surface area contributed by atoms with Gasteiger partial charge in [0.15, 0.2) is 0 Å². The van der Waals surface area contributed by atoms with E-state index >= 15 is 0 Å². The normalized spacial score (nSPS) is 6.31. The number of hydrogen-bond donors (Lipinski definition) is 0. The zero-order valence-electron chi connectivity index (χ0n) is 19.5. The Morgan fingerprint density at radius 1 is 0.462 bits per heavy atom. The van der Waals surface area contributed by atoms with Gasteiger partial charge in [-0.15, -0.1) is 0 Å². The van der Waals surface area contributed by atoms with E-state index < -0.39 is 0 Å². The van der Waals surface area contributed by atoms with Gasteiger partial charge >= 0.3 is 0 Å². The van der Waals surface area contributed by atoms with Crippen LogP contribution in [-0.4, -0.2) is 0 Å². The van der Waals surface area contributed by atoms with Crippen molar-refractivity contribution in [2.75, 3.05) is 0 Å². The molecule has 0 saturated carbocycles. The van der Waals surface area contributed by atoms with E-state index in [9.17, 15) is 0 Å². The fourth-order valence-corrected chi connectivity index (χ4v) is 1.07. The standard InChI is InChI=1S/2C7H8.C3H8.4C2H6.CH4/c2*1-7-5-3-2-4-6-7;1-3-2;4*1-2;/h2*2-6H,1H3;3H2,1-2H3;4*1-2H3;1H4. The molecule has 0 nitrogen and oxygen atoms in total. The molecule has 0 aliphatic heterocycles. The maximum Gasteiger partial charge on any atom is -0.0398 e. The molecule has 156 valence electrons. The third-order valence-corrected chi connectivity index (χ3v) is 1.88. The monoisotopic (exact) mass is 364 g/mol. The lowest BCUT2D eigenvalue weighted by Crippen LogP contribution is -1.62. The summed E-state index contributed by atoms with van der Waals surface area (Å²) in [6.45, 7) is 24.4. The summed E-state index contributed by atoms with van der Waals surface area (Å²) >= 11 is 0. The predicted octanol–water partition coefficient (Wildman–Crippen LogP) is 10.1. The van der Waals surface area contributed by atoms with E-state index in [1.165, 1.54) is 17.5 Å². The van der Waals surface area contributed by atoms with E-state index in [2.05, 4.69) is 52.0 Å². The lowest BCUT2D eigenvalue weighted by atomic mass is 10.2. The molecule has 0 heteroatoms. The molecule has 0 spiro atoms. The molecule has 0 unspecified atom stereocenters. The molecule has 0 fully saturated rings. The Morgan fingerprint density at radius 2 is 0.615 bits per heavy atom. The van der Waals surface area contributed by atoms with E-state index in [1.807, 2.05) is 91.8 Å². The SMILES string of the molecule is C.CC.CC.CC.CC.CCC.Cc1ccccc1.Cc1ccccc1. The van der Waals surface area contributed by atoms with Crippen molar-refractivity contribution in [2.24, 2.45) is 0 Å². The van der Waals surface area contributed by atoms with Crippen molar-refractivity contribution in [1.82, 2.24) is 0 Å². The first-order valence-electron chi connectivity index (χ1n) is 10.2. The van der Waals surface area contributed by atoms with Crippen LogP contribution >= 0.6 is 0 Å². The van der Waals surface area contributed by atoms with Crippen LogP contribution < -0.4 is 0 Å². The third kappa shape index (κ3) is 49.5. The zero-order chi connectivity index (χ0) is 20.9. The zero-order valence-corrected chi connectivity index (χ0v) is 19.5. The topological polar surface area (TPSA) is 0 Å². The van der Waals surface area contributed by atoms with Crippen LogP contribution in [0.15, 0.2) is 60.7 Å². The van der Waals surface area contributed by atoms with Crippen LogP contribution in [0.1, 0.15) is 94.2 Å². The second kappa shape index (κ2) is 49.5. The summed E-state index contributed by atoms with van der Waals surface area (Å²) in [6.07, 6.45) is 1.25. The van der Waals surface area contributed by atoms with Gasteiger partial charge in [0, 0.05) is 0 Å². The molecule has 0 N–H and O–H groups in total. The first-order chi connectivity index (χ1) is 12.2. The van der Waals surface area contributed by atoms with E-state index in [0.29, 0.717) is 0 Å². The van der Waals surface area contributed by atoms with Crippen molar-refractivity contribution in [3.63, 3.8) is 0 Å². The largest absolute Gasteiger partial charge is 0.0776 e. The minimum atomic E-state index is 0. The Bertz CT molecular complexity index is 311. The molecular weight excluding hydrogens is 312 g/mol. The lowest BCUT2D eigenvalue weighted by Gasteiger charge is -1.82. The van der Waals surface area contributed by atoms with Gasteiger partial charge in [-0.25, -0.2) is 0 Å². The van der Waals surface area contributed by atoms with Gasteiger partial charge < -0.3 is 0 Å². The molecule has 0 amide bonds. The molecule has 2 aromatic rings. The Labute approximate surface area is 169 Å². The molecule has 2 aromatic carbocycles. The van der Waals surface area contributed by atoms with Crippen molar-refractivity contribution in [3.05, 3.63) is 71.8 Å². The summed E-state index contributed by atoms with van der Waals surface area (Å²) in [5, 5.41) is 0. The van der Waals surface area contributed by atoms with Gasteiger partial charge in [-0.3, -0.25) is 0 Å². The summed E-state index contributed by atoms with van der Waals surface area (Å²) in [4.78, 5) is 0. The molecule has 0 saturated heterocycles. The van der Waals surface area contributed by atoms with E-state index in [0.717, 1.165) is 0 Å². The average molecular weight is 365 g/mol. The summed E-state index contributed by atoms with van der Waals surface area (Å²) in [6, 6.07) is 20.5. The average Bonchev–Trinajstić information content (AvgIpc) is 2.70. The van der Waals surface area contributed by atoms with Gasteiger partial charge in [-0.2, -0.15) is 0 Å². The van der Waals surface area contributed by atoms with Gasteiger partial charge in [-0.05, 0) is 13.8 Å². The van der Waals surface area contributed by atoms with Gasteiger partial charge in [0.2, 0.25) is 0 Å². The maximum absolute atomic E-state index is 2.12. The van der Waals surface area contributed by atoms with Crippen LogP contribution in [0.3, 0.4) is 0 Å². The van der Waals surface area contributed by atoms with Crippen molar-refractivity contribution in [1.29, 1.82) is 0 Å². The van der Waals surface area contributed by atoms with Crippen LogP contribution in [0.4, 0.5) is 0 Å². The van der Waals surface area contributed by atoms with Crippen LogP contribution in [-0.2, 0) is 0 Å². The third-order valence-electron chi connectivity index (χ3n) is 1.88. The Kier molecular flexibility index (Phi) is 75.2. The molecule has 2 rings (SSSR count). The second-order valence-electron chi connectivity index (χ2n) is 4.02. The van der Waals surface area contributed by atoms with Gasteiger partial charge in [0.05, 0.1) is 0 Å². The highest BCUT2D eigenvalue weighted by Crippen LogP contribution is 1.92. The van der Waals surface area contributed by atoms with Crippen LogP contribution in [0, 0.1) is 13.8 Å². The predicted molar refractivity (Wildman–Crippen MR) is 130 cm³/mol. The van der Waals surface area contributed by atoms with Crippen LogP contribution in [0.25, 0.3) is 0 Å². The van der Waals surface area contributed by atoms with Crippen molar-refractivity contribution in [2.45, 2.75) is 96.9 Å². The number of aryl methyl sites for hydroxylation is 2. The van der Waals surface area contributed by atoms with Crippen molar-refractivity contribution < 1.29 is 0 Å². The van der Waals surface area contributed by atoms with Gasteiger partial charge in [0.1, 0.15) is 0 Å². The quantitative estimate of drug-likeness (QED) is 0.436. The summed E-state index contributed by atoms with van der Waals surface area (Å²) in [5.74, 6) is 0. The minimum absolute atomic E-state index is 0. The fraction of sp³-hybridized carbons (Fsp3) is 0.538. The van der Waals surface area contributed by atoms with Crippen molar-refractivity contribution in [3.8, 4) is 0 Å². The Balaban J connectivity index is -0.0000000495. The van der Waals surface area contributed by atoms with E-state index in [4.69, 9.17) is 0 Å². The number of benzene rings is 2. The van der Waals surface area contributed by atoms with E-state index in [1.54, 1.807) is 0 Å². The molecule has 0 radical (unpaired) electrons. The summed E-state index contributed by atoms with van der Waals surface area (Å²) in [5.41, 5.74) is 2.64. The van der Waals surface area contributed by atoms with Crippen molar-refractivity contribution >= 4 is 0 Å². The molecule has 0 atom stereocenters. The van der Waals surface area contributed by atoms with Crippen LogP contribution in [0.2, 0.25) is 0 Å². The first-order valence-corrected chi connectivity index (χ1v) is 10.2. The highest BCUT2D eigenvalue weighted by molar-refractivity contribution is 5.12. The van der Waals surface area contributed by atoms with Crippen LogP contribution in [0.5, 0.6) is 0 Å². The molecule has 26 heavy (non-hydrogen) atoms. The van der Waals surface area contributed by atoms with Gasteiger partial charge in [-0.1, -0.05) is 155 Å².